The van der Waals surface area contributed by atoms with E-state index in [9.17, 15) is 4.39 Å². The molecular formula is C13H14BrFN2. The summed E-state index contributed by atoms with van der Waals surface area (Å²) < 4.78 is 16.1. The zero-order chi connectivity index (χ0) is 12.4. The molecule has 2 rings (SSSR count). The van der Waals surface area contributed by atoms with Crippen LogP contribution in [0, 0.1) is 5.82 Å². The molecule has 2 nitrogen and oxygen atoms in total. The molecule has 0 unspecified atom stereocenters. The quantitative estimate of drug-likeness (QED) is 0.836. The maximum absolute atomic E-state index is 13.3. The van der Waals surface area contributed by atoms with Gasteiger partial charge in [0.25, 0.3) is 0 Å². The number of hydrogen-bond acceptors (Lipinski definition) is 1. The van der Waals surface area contributed by atoms with Gasteiger partial charge in [-0.1, -0.05) is 19.1 Å². The van der Waals surface area contributed by atoms with Crippen LogP contribution in [0.1, 0.15) is 19.5 Å². The molecule has 0 aliphatic carbocycles. The normalized spacial score (nSPS) is 10.8. The summed E-state index contributed by atoms with van der Waals surface area (Å²) in [6.07, 6.45) is 0.857. The summed E-state index contributed by atoms with van der Waals surface area (Å²) in [4.78, 5) is 0. The van der Waals surface area contributed by atoms with E-state index in [2.05, 4.69) is 28.0 Å². The van der Waals surface area contributed by atoms with Gasteiger partial charge in [0.15, 0.2) is 0 Å². The summed E-state index contributed by atoms with van der Waals surface area (Å²) in [6.45, 7) is 4.86. The van der Waals surface area contributed by atoms with E-state index in [4.69, 9.17) is 0 Å². The molecule has 0 saturated heterocycles. The molecule has 90 valence electrons. The topological polar surface area (TPSA) is 17.8 Å². The lowest BCUT2D eigenvalue weighted by Crippen LogP contribution is -1.99. The molecule has 1 aromatic carbocycles. The highest BCUT2D eigenvalue weighted by Crippen LogP contribution is 2.31. The molecule has 17 heavy (non-hydrogen) atoms. The number of benzene rings is 1. The maximum Gasteiger partial charge on any atom is 0.123 e. The largest absolute Gasteiger partial charge is 0.264 e. The van der Waals surface area contributed by atoms with E-state index in [1.165, 1.54) is 12.1 Å². The Labute approximate surface area is 109 Å². The Morgan fingerprint density at radius 1 is 1.35 bits per heavy atom. The van der Waals surface area contributed by atoms with Gasteiger partial charge in [0.05, 0.1) is 15.9 Å². The van der Waals surface area contributed by atoms with Crippen molar-refractivity contribution in [3.05, 3.63) is 40.2 Å². The maximum atomic E-state index is 13.3. The first-order valence-electron chi connectivity index (χ1n) is 5.68. The SMILES string of the molecule is CCc1nn(CC)c(-c2cccc(F)c2)c1Br. The molecular weight excluding hydrogens is 283 g/mol. The fourth-order valence-electron chi connectivity index (χ4n) is 1.86. The fraction of sp³-hybridized carbons (Fsp3) is 0.308. The van der Waals surface area contributed by atoms with Crippen LogP contribution in [0.15, 0.2) is 28.7 Å². The summed E-state index contributed by atoms with van der Waals surface area (Å²) in [6, 6.07) is 6.60. The Kier molecular flexibility index (Phi) is 3.62. The molecule has 0 amide bonds. The standard InChI is InChI=1S/C13H14BrFN2/c1-3-11-12(14)13(17(4-2)16-11)9-6-5-7-10(15)8-9/h5-8H,3-4H2,1-2H3. The molecule has 0 aliphatic heterocycles. The molecule has 2 aromatic rings. The first-order chi connectivity index (χ1) is 8.17. The zero-order valence-electron chi connectivity index (χ0n) is 9.87. The number of nitrogens with zero attached hydrogens (tertiary/aromatic N) is 2. The highest BCUT2D eigenvalue weighted by molar-refractivity contribution is 9.10. The lowest BCUT2D eigenvalue weighted by molar-refractivity contribution is 0.626. The van der Waals surface area contributed by atoms with Crippen molar-refractivity contribution in [3.8, 4) is 11.3 Å². The number of hydrogen-bond donors (Lipinski definition) is 0. The Bertz CT molecular complexity index is 534. The summed E-state index contributed by atoms with van der Waals surface area (Å²) in [5.41, 5.74) is 2.81. The predicted octanol–water partition coefficient (Wildman–Crippen LogP) is 4.03. The van der Waals surface area contributed by atoms with Crippen LogP contribution in [0.2, 0.25) is 0 Å². The predicted molar refractivity (Wildman–Crippen MR) is 70.4 cm³/mol. The van der Waals surface area contributed by atoms with Crippen molar-refractivity contribution < 1.29 is 4.39 Å². The van der Waals surface area contributed by atoms with E-state index < -0.39 is 0 Å². The fourth-order valence-corrected chi connectivity index (χ4v) is 2.65. The second kappa shape index (κ2) is 5.00. The van der Waals surface area contributed by atoms with Gasteiger partial charge in [0, 0.05) is 12.1 Å². The van der Waals surface area contributed by atoms with Crippen LogP contribution in [0.5, 0.6) is 0 Å². The molecule has 1 aromatic heterocycles. The van der Waals surface area contributed by atoms with Crippen molar-refractivity contribution in [2.45, 2.75) is 26.8 Å². The Balaban J connectivity index is 2.61. The first-order valence-corrected chi connectivity index (χ1v) is 6.47. The second-order valence-corrected chi connectivity index (χ2v) is 4.58. The molecule has 4 heteroatoms. The lowest BCUT2D eigenvalue weighted by Gasteiger charge is -2.05. The molecule has 0 spiro atoms. The smallest absolute Gasteiger partial charge is 0.123 e. The van der Waals surface area contributed by atoms with E-state index in [1.54, 1.807) is 6.07 Å². The van der Waals surface area contributed by atoms with Crippen LogP contribution in [0.25, 0.3) is 11.3 Å². The Hall–Kier alpha value is -1.16. The molecule has 0 aliphatic rings. The third kappa shape index (κ3) is 2.27. The van der Waals surface area contributed by atoms with Crippen molar-refractivity contribution >= 4 is 15.9 Å². The number of aryl methyl sites for hydroxylation is 2. The van der Waals surface area contributed by atoms with Gasteiger partial charge < -0.3 is 0 Å². The van der Waals surface area contributed by atoms with Gasteiger partial charge >= 0.3 is 0 Å². The molecule has 0 bridgehead atoms. The van der Waals surface area contributed by atoms with Crippen LogP contribution in [0.4, 0.5) is 4.39 Å². The van der Waals surface area contributed by atoms with Gasteiger partial charge in [-0.2, -0.15) is 5.10 Å². The summed E-state index contributed by atoms with van der Waals surface area (Å²) >= 11 is 3.56. The van der Waals surface area contributed by atoms with Gasteiger partial charge in [0.2, 0.25) is 0 Å². The molecule has 0 fully saturated rings. The van der Waals surface area contributed by atoms with Crippen LogP contribution in [-0.2, 0) is 13.0 Å². The summed E-state index contributed by atoms with van der Waals surface area (Å²) in [5.74, 6) is -0.226. The minimum atomic E-state index is -0.226. The second-order valence-electron chi connectivity index (χ2n) is 3.79. The first kappa shape index (κ1) is 12.3. The van der Waals surface area contributed by atoms with Crippen LogP contribution >= 0.6 is 15.9 Å². The third-order valence-corrected chi connectivity index (χ3v) is 3.53. The van der Waals surface area contributed by atoms with Gasteiger partial charge in [-0.3, -0.25) is 4.68 Å². The monoisotopic (exact) mass is 296 g/mol. The van der Waals surface area contributed by atoms with E-state index in [1.807, 2.05) is 17.7 Å². The van der Waals surface area contributed by atoms with Crippen molar-refractivity contribution in [3.63, 3.8) is 0 Å². The van der Waals surface area contributed by atoms with Crippen LogP contribution in [-0.4, -0.2) is 9.78 Å². The number of rotatable bonds is 3. The lowest BCUT2D eigenvalue weighted by atomic mass is 10.1. The Morgan fingerprint density at radius 3 is 2.71 bits per heavy atom. The third-order valence-electron chi connectivity index (χ3n) is 2.69. The minimum absolute atomic E-state index is 0.226. The van der Waals surface area contributed by atoms with Crippen molar-refractivity contribution in [1.29, 1.82) is 0 Å². The van der Waals surface area contributed by atoms with E-state index in [-0.39, 0.29) is 5.82 Å². The molecule has 1 heterocycles. The zero-order valence-corrected chi connectivity index (χ0v) is 11.5. The average Bonchev–Trinajstić information content (AvgIpc) is 2.65. The number of aromatic nitrogens is 2. The van der Waals surface area contributed by atoms with Crippen LogP contribution in [0.3, 0.4) is 0 Å². The number of halogens is 2. The molecule has 0 radical (unpaired) electrons. The summed E-state index contributed by atoms with van der Waals surface area (Å²) in [7, 11) is 0. The highest BCUT2D eigenvalue weighted by atomic mass is 79.9. The molecule has 0 N–H and O–H groups in total. The molecule has 0 saturated carbocycles. The summed E-state index contributed by atoms with van der Waals surface area (Å²) in [5, 5.41) is 4.50. The Morgan fingerprint density at radius 2 is 2.12 bits per heavy atom. The van der Waals surface area contributed by atoms with Gasteiger partial charge in [-0.15, -0.1) is 0 Å². The molecule has 0 atom stereocenters. The van der Waals surface area contributed by atoms with Crippen molar-refractivity contribution in [2.24, 2.45) is 0 Å². The minimum Gasteiger partial charge on any atom is -0.264 e. The van der Waals surface area contributed by atoms with Gasteiger partial charge in [-0.25, -0.2) is 4.39 Å². The van der Waals surface area contributed by atoms with E-state index >= 15 is 0 Å². The average molecular weight is 297 g/mol. The highest BCUT2D eigenvalue weighted by Gasteiger charge is 2.15. The van der Waals surface area contributed by atoms with Gasteiger partial charge in [0.1, 0.15) is 5.82 Å². The van der Waals surface area contributed by atoms with Crippen molar-refractivity contribution in [2.75, 3.05) is 0 Å². The van der Waals surface area contributed by atoms with Crippen molar-refractivity contribution in [1.82, 2.24) is 9.78 Å². The van der Waals surface area contributed by atoms with E-state index in [0.717, 1.165) is 34.4 Å². The van der Waals surface area contributed by atoms with Crippen LogP contribution < -0.4 is 0 Å². The van der Waals surface area contributed by atoms with Gasteiger partial charge in [-0.05, 0) is 41.4 Å². The van der Waals surface area contributed by atoms with E-state index in [0.29, 0.717) is 0 Å².